The van der Waals surface area contributed by atoms with Crippen LogP contribution in [0.15, 0.2) is 48.5 Å². The zero-order valence-corrected chi connectivity index (χ0v) is 19.3. The number of nitrogens with two attached hydrogens (primary N) is 1. The van der Waals surface area contributed by atoms with Gasteiger partial charge in [0.25, 0.3) is 5.91 Å². The van der Waals surface area contributed by atoms with E-state index in [-0.39, 0.29) is 24.0 Å². The highest BCUT2D eigenvalue weighted by molar-refractivity contribution is 5.94. The van der Waals surface area contributed by atoms with Gasteiger partial charge in [0.05, 0.1) is 24.8 Å². The molecule has 1 aliphatic heterocycles. The van der Waals surface area contributed by atoms with E-state index in [1.54, 1.807) is 29.2 Å². The van der Waals surface area contributed by atoms with Crippen LogP contribution >= 0.6 is 0 Å². The van der Waals surface area contributed by atoms with E-state index in [0.29, 0.717) is 49.7 Å². The minimum absolute atomic E-state index is 0.0466. The predicted octanol–water partition coefficient (Wildman–Crippen LogP) is 3.33. The lowest BCUT2D eigenvalue weighted by Crippen LogP contribution is -2.44. The Hall–Kier alpha value is -3.41. The zero-order chi connectivity index (χ0) is 23.9. The van der Waals surface area contributed by atoms with E-state index in [4.69, 9.17) is 15.7 Å². The Morgan fingerprint density at radius 1 is 1.03 bits per heavy atom. The fraction of sp³-hybridized carbons (Fsp3) is 0.423. The van der Waals surface area contributed by atoms with Crippen molar-refractivity contribution in [2.45, 2.75) is 44.3 Å². The maximum atomic E-state index is 13.5. The van der Waals surface area contributed by atoms with Gasteiger partial charge in [0.1, 0.15) is 0 Å². The van der Waals surface area contributed by atoms with Gasteiger partial charge in [-0.3, -0.25) is 4.79 Å². The largest absolute Gasteiger partial charge is 0.378 e. The van der Waals surface area contributed by atoms with Crippen LogP contribution in [0.5, 0.6) is 0 Å². The van der Waals surface area contributed by atoms with E-state index in [1.165, 1.54) is 0 Å². The quantitative estimate of drug-likeness (QED) is 0.709. The molecule has 1 aliphatic carbocycles. The molecule has 0 aromatic heterocycles. The van der Waals surface area contributed by atoms with Crippen molar-refractivity contribution >= 4 is 17.6 Å². The number of hydrogen-bond donors (Lipinski definition) is 2. The van der Waals surface area contributed by atoms with Crippen LogP contribution < -0.4 is 11.1 Å². The number of morpholine rings is 1. The number of ether oxygens (including phenoxy) is 1. The molecule has 1 heterocycles. The number of benzene rings is 2. The molecule has 4 rings (SSSR count). The second kappa shape index (κ2) is 11.1. The van der Waals surface area contributed by atoms with E-state index in [0.717, 1.165) is 31.2 Å². The molecule has 3 amide bonds. The first-order valence-corrected chi connectivity index (χ1v) is 11.8. The molecule has 0 spiro atoms. The van der Waals surface area contributed by atoms with Crippen molar-refractivity contribution in [2.24, 2.45) is 5.73 Å². The van der Waals surface area contributed by atoms with Crippen molar-refractivity contribution in [1.29, 1.82) is 5.26 Å². The first-order chi connectivity index (χ1) is 16.5. The molecule has 3 N–H and O–H groups in total. The third-order valence-electron chi connectivity index (χ3n) is 6.56. The van der Waals surface area contributed by atoms with Crippen LogP contribution in [0.3, 0.4) is 0 Å². The Morgan fingerprint density at radius 3 is 2.29 bits per heavy atom. The SMILES string of the molecule is N#Cc1ccc(C(=O)N(Cc2ccc(NC(=O)N3CCOCC3)cc2)C2CCC(N)CC2)cc1. The Kier molecular flexibility index (Phi) is 7.78. The number of carbonyl (C=O) groups excluding carboxylic acids is 2. The summed E-state index contributed by atoms with van der Waals surface area (Å²) in [5.74, 6) is -0.0466. The number of amides is 3. The number of urea groups is 1. The Morgan fingerprint density at radius 2 is 1.68 bits per heavy atom. The van der Waals surface area contributed by atoms with Gasteiger partial charge in [-0.25, -0.2) is 4.79 Å². The molecule has 2 aliphatic rings. The molecule has 2 fully saturated rings. The second-order valence-corrected chi connectivity index (χ2v) is 8.92. The molecule has 1 saturated carbocycles. The normalized spacial score (nSPS) is 20.3. The molecule has 0 unspecified atom stereocenters. The van der Waals surface area contributed by atoms with Crippen molar-refractivity contribution in [1.82, 2.24) is 9.80 Å². The Bertz CT molecular complexity index is 1020. The van der Waals surface area contributed by atoms with Crippen molar-refractivity contribution < 1.29 is 14.3 Å². The van der Waals surface area contributed by atoms with Crippen molar-refractivity contribution in [3.05, 3.63) is 65.2 Å². The third-order valence-corrected chi connectivity index (χ3v) is 6.56. The van der Waals surface area contributed by atoms with E-state index in [1.807, 2.05) is 29.2 Å². The lowest BCUT2D eigenvalue weighted by molar-refractivity contribution is 0.0564. The molecule has 2 aromatic rings. The van der Waals surface area contributed by atoms with Crippen molar-refractivity contribution in [3.8, 4) is 6.07 Å². The number of hydrogen-bond acceptors (Lipinski definition) is 5. The van der Waals surface area contributed by atoms with Crippen LogP contribution in [0.2, 0.25) is 0 Å². The first kappa shape index (κ1) is 23.7. The topological polar surface area (TPSA) is 112 Å². The van der Waals surface area contributed by atoms with Gasteiger partial charge in [-0.05, 0) is 67.6 Å². The maximum Gasteiger partial charge on any atom is 0.321 e. The molecule has 2 aromatic carbocycles. The van der Waals surface area contributed by atoms with E-state index in [2.05, 4.69) is 11.4 Å². The lowest BCUT2D eigenvalue weighted by atomic mass is 9.90. The fourth-order valence-electron chi connectivity index (χ4n) is 4.49. The van der Waals surface area contributed by atoms with E-state index in [9.17, 15) is 9.59 Å². The van der Waals surface area contributed by atoms with Gasteiger partial charge in [0.15, 0.2) is 0 Å². The van der Waals surface area contributed by atoms with Gasteiger partial charge in [0.2, 0.25) is 0 Å². The minimum Gasteiger partial charge on any atom is -0.378 e. The molecular formula is C26H31N5O3. The highest BCUT2D eigenvalue weighted by Gasteiger charge is 2.28. The number of carbonyl (C=O) groups is 2. The standard InChI is InChI=1S/C26H31N5O3/c27-17-19-1-5-21(6-2-19)25(32)31(24-11-7-22(28)8-12-24)18-20-3-9-23(10-4-20)29-26(33)30-13-15-34-16-14-30/h1-6,9-10,22,24H,7-8,11-16,18,28H2,(H,29,33). The fourth-order valence-corrected chi connectivity index (χ4v) is 4.49. The summed E-state index contributed by atoms with van der Waals surface area (Å²) in [4.78, 5) is 29.6. The van der Waals surface area contributed by atoms with Crippen LogP contribution in [-0.2, 0) is 11.3 Å². The molecule has 0 bridgehead atoms. The van der Waals surface area contributed by atoms with Crippen LogP contribution in [0, 0.1) is 11.3 Å². The van der Waals surface area contributed by atoms with Crippen molar-refractivity contribution in [3.63, 3.8) is 0 Å². The number of nitrogens with one attached hydrogen (secondary N) is 1. The molecule has 0 atom stereocenters. The molecule has 34 heavy (non-hydrogen) atoms. The zero-order valence-electron chi connectivity index (χ0n) is 19.3. The Labute approximate surface area is 200 Å². The third kappa shape index (κ3) is 5.93. The second-order valence-electron chi connectivity index (χ2n) is 8.92. The smallest absolute Gasteiger partial charge is 0.321 e. The summed E-state index contributed by atoms with van der Waals surface area (Å²) in [5.41, 5.74) is 8.91. The summed E-state index contributed by atoms with van der Waals surface area (Å²) >= 11 is 0. The number of nitrogens with zero attached hydrogens (tertiary/aromatic N) is 3. The maximum absolute atomic E-state index is 13.5. The summed E-state index contributed by atoms with van der Waals surface area (Å²) in [7, 11) is 0. The van der Waals surface area contributed by atoms with Crippen LogP contribution in [-0.4, -0.2) is 60.1 Å². The van der Waals surface area contributed by atoms with Gasteiger partial charge >= 0.3 is 6.03 Å². The van der Waals surface area contributed by atoms with Gasteiger partial charge in [-0.15, -0.1) is 0 Å². The highest BCUT2D eigenvalue weighted by atomic mass is 16.5. The minimum atomic E-state index is -0.132. The number of anilines is 1. The monoisotopic (exact) mass is 461 g/mol. The van der Waals surface area contributed by atoms with E-state index >= 15 is 0 Å². The summed E-state index contributed by atoms with van der Waals surface area (Å²) in [5, 5.41) is 12.0. The lowest BCUT2D eigenvalue weighted by Gasteiger charge is -2.36. The molecule has 1 saturated heterocycles. The van der Waals surface area contributed by atoms with Gasteiger partial charge in [-0.1, -0.05) is 12.1 Å². The molecular weight excluding hydrogens is 430 g/mol. The predicted molar refractivity (Wildman–Crippen MR) is 129 cm³/mol. The summed E-state index contributed by atoms with van der Waals surface area (Å²) in [6.45, 7) is 2.75. The molecule has 0 radical (unpaired) electrons. The van der Waals surface area contributed by atoms with Gasteiger partial charge in [-0.2, -0.15) is 5.26 Å². The van der Waals surface area contributed by atoms with E-state index < -0.39 is 0 Å². The average Bonchev–Trinajstić information content (AvgIpc) is 2.89. The van der Waals surface area contributed by atoms with Gasteiger partial charge < -0.3 is 25.6 Å². The van der Waals surface area contributed by atoms with Crippen LogP contribution in [0.4, 0.5) is 10.5 Å². The van der Waals surface area contributed by atoms with Gasteiger partial charge in [0, 0.05) is 43.0 Å². The van der Waals surface area contributed by atoms with Crippen LogP contribution in [0.1, 0.15) is 47.2 Å². The summed E-state index contributed by atoms with van der Waals surface area (Å²) in [6, 6.07) is 16.7. The molecule has 8 heteroatoms. The summed E-state index contributed by atoms with van der Waals surface area (Å²) < 4.78 is 5.30. The highest BCUT2D eigenvalue weighted by Crippen LogP contribution is 2.26. The molecule has 178 valence electrons. The average molecular weight is 462 g/mol. The first-order valence-electron chi connectivity index (χ1n) is 11.8. The van der Waals surface area contributed by atoms with Crippen molar-refractivity contribution in [2.75, 3.05) is 31.6 Å². The Balaban J connectivity index is 1.46. The number of rotatable bonds is 5. The summed E-state index contributed by atoms with van der Waals surface area (Å²) in [6.07, 6.45) is 3.54. The van der Waals surface area contributed by atoms with Crippen LogP contribution in [0.25, 0.3) is 0 Å². The molecule has 8 nitrogen and oxygen atoms in total. The number of nitriles is 1.